The molecule has 1 aliphatic heterocycles. The van der Waals surface area contributed by atoms with Crippen LogP contribution in [0.2, 0.25) is 0 Å². The molecule has 0 bridgehead atoms. The third-order valence-electron chi connectivity index (χ3n) is 6.20. The van der Waals surface area contributed by atoms with E-state index in [1.807, 2.05) is 37.4 Å². The van der Waals surface area contributed by atoms with Crippen LogP contribution in [0.15, 0.2) is 30.3 Å². The van der Waals surface area contributed by atoms with E-state index >= 15 is 0 Å². The van der Waals surface area contributed by atoms with Crippen LogP contribution >= 0.6 is 0 Å². The van der Waals surface area contributed by atoms with Gasteiger partial charge in [0.25, 0.3) is 0 Å². The van der Waals surface area contributed by atoms with Crippen molar-refractivity contribution in [2.75, 3.05) is 38.1 Å². The molecule has 1 saturated heterocycles. The number of nitrogens with one attached hydrogen (secondary N) is 1. The Hall–Kier alpha value is -2.93. The van der Waals surface area contributed by atoms with Crippen molar-refractivity contribution in [2.45, 2.75) is 40.2 Å². The first-order chi connectivity index (χ1) is 14.9. The number of likely N-dealkylation sites (N-methyl/N-ethyl adjacent to an activating group) is 1. The molecule has 1 N–H and O–H groups in total. The number of para-hydroxylation sites is 1. The van der Waals surface area contributed by atoms with Crippen molar-refractivity contribution in [1.29, 1.82) is 0 Å². The predicted octanol–water partition coefficient (Wildman–Crippen LogP) is 2.66. The molecule has 0 spiro atoms. The number of anilines is 1. The highest BCUT2D eigenvalue weighted by Crippen LogP contribution is 2.22. The summed E-state index contributed by atoms with van der Waals surface area (Å²) in [6.07, 6.45) is 1.09. The minimum Gasteiger partial charge on any atom is -0.369 e. The topological polar surface area (TPSA) is 65.8 Å². The van der Waals surface area contributed by atoms with E-state index < -0.39 is 0 Å². The van der Waals surface area contributed by atoms with Crippen LogP contribution in [0.5, 0.6) is 0 Å². The van der Waals surface area contributed by atoms with E-state index in [4.69, 9.17) is 0 Å². The fourth-order valence-corrected chi connectivity index (χ4v) is 4.34. The summed E-state index contributed by atoms with van der Waals surface area (Å²) in [6.45, 7) is 10.7. The molecule has 1 aliphatic rings. The number of carbonyl (C=O) groups excluding carboxylic acids is 1. The van der Waals surface area contributed by atoms with E-state index in [0.717, 1.165) is 54.5 Å². The summed E-state index contributed by atoms with van der Waals surface area (Å²) >= 11 is 0. The summed E-state index contributed by atoms with van der Waals surface area (Å²) in [5.41, 5.74) is 7.34. The Morgan fingerprint density at radius 3 is 2.61 bits per heavy atom. The first kappa shape index (κ1) is 21.3. The first-order valence-corrected chi connectivity index (χ1v) is 11.0. The van der Waals surface area contributed by atoms with Gasteiger partial charge in [0.15, 0.2) is 5.65 Å². The zero-order valence-electron chi connectivity index (χ0n) is 19.0. The molecule has 7 nitrogen and oxygen atoms in total. The van der Waals surface area contributed by atoms with Crippen LogP contribution in [0.4, 0.5) is 5.69 Å². The normalized spacial score (nSPS) is 14.9. The van der Waals surface area contributed by atoms with Crippen LogP contribution in [-0.2, 0) is 17.8 Å². The molecule has 1 amide bonds. The van der Waals surface area contributed by atoms with Gasteiger partial charge in [-0.1, -0.05) is 18.2 Å². The lowest BCUT2D eigenvalue weighted by atomic mass is 10.1. The Labute approximate surface area is 184 Å². The molecule has 0 radical (unpaired) electrons. The van der Waals surface area contributed by atoms with Crippen molar-refractivity contribution >= 4 is 17.2 Å². The van der Waals surface area contributed by atoms with E-state index in [-0.39, 0.29) is 5.91 Å². The molecule has 3 aromatic rings. The van der Waals surface area contributed by atoms with Gasteiger partial charge in [-0.15, -0.1) is 0 Å². The standard InChI is InChI=1S/C24H32N6O/c1-17-15-23-26-18(2)21(19(3)30(23)27-17)9-10-24(31)25-16-20-7-5-6-8-22(20)29-13-11-28(4)12-14-29/h5-8,15H,9-14,16H2,1-4H3,(H,25,31). The average molecular weight is 421 g/mol. The SMILES string of the molecule is Cc1cc2nc(C)c(CCC(=O)NCc3ccccc3N3CCN(C)CC3)c(C)n2n1. The van der Waals surface area contributed by atoms with Crippen molar-refractivity contribution in [3.63, 3.8) is 0 Å². The molecule has 1 fully saturated rings. The van der Waals surface area contributed by atoms with Crippen LogP contribution in [0, 0.1) is 20.8 Å². The van der Waals surface area contributed by atoms with Crippen molar-refractivity contribution in [1.82, 2.24) is 24.8 Å². The third-order valence-corrected chi connectivity index (χ3v) is 6.20. The van der Waals surface area contributed by atoms with Crippen molar-refractivity contribution in [3.05, 3.63) is 58.5 Å². The Balaban J connectivity index is 1.38. The molecule has 31 heavy (non-hydrogen) atoms. The first-order valence-electron chi connectivity index (χ1n) is 11.0. The second kappa shape index (κ2) is 9.06. The average Bonchev–Trinajstić information content (AvgIpc) is 3.13. The number of hydrogen-bond donors (Lipinski definition) is 1. The molecule has 0 unspecified atom stereocenters. The smallest absolute Gasteiger partial charge is 0.220 e. The quantitative estimate of drug-likeness (QED) is 0.664. The Kier molecular flexibility index (Phi) is 6.23. The fourth-order valence-electron chi connectivity index (χ4n) is 4.34. The molecule has 3 heterocycles. The second-order valence-electron chi connectivity index (χ2n) is 8.51. The minimum absolute atomic E-state index is 0.0590. The zero-order chi connectivity index (χ0) is 22.0. The largest absolute Gasteiger partial charge is 0.369 e. The van der Waals surface area contributed by atoms with Gasteiger partial charge in [-0.25, -0.2) is 9.50 Å². The molecule has 0 atom stereocenters. The fraction of sp³-hybridized carbons (Fsp3) is 0.458. The number of rotatable bonds is 6. The highest BCUT2D eigenvalue weighted by molar-refractivity contribution is 5.76. The highest BCUT2D eigenvalue weighted by atomic mass is 16.1. The van der Waals surface area contributed by atoms with Gasteiger partial charge in [0.2, 0.25) is 5.91 Å². The molecular weight excluding hydrogens is 388 g/mol. The molecule has 2 aromatic heterocycles. The number of hydrogen-bond acceptors (Lipinski definition) is 5. The van der Waals surface area contributed by atoms with Gasteiger partial charge in [0.05, 0.1) is 5.69 Å². The van der Waals surface area contributed by atoms with Gasteiger partial charge in [-0.3, -0.25) is 4.79 Å². The number of fused-ring (bicyclic) bond motifs is 1. The molecule has 0 saturated carbocycles. The van der Waals surface area contributed by atoms with Crippen LogP contribution in [0.25, 0.3) is 5.65 Å². The third kappa shape index (κ3) is 4.71. The number of aromatic nitrogens is 3. The van der Waals surface area contributed by atoms with Gasteiger partial charge in [0, 0.05) is 62.3 Å². The summed E-state index contributed by atoms with van der Waals surface area (Å²) < 4.78 is 1.88. The van der Waals surface area contributed by atoms with Crippen molar-refractivity contribution in [2.24, 2.45) is 0 Å². The van der Waals surface area contributed by atoms with Gasteiger partial charge >= 0.3 is 0 Å². The van der Waals surface area contributed by atoms with Crippen molar-refractivity contribution < 1.29 is 4.79 Å². The Morgan fingerprint density at radius 1 is 1.10 bits per heavy atom. The highest BCUT2D eigenvalue weighted by Gasteiger charge is 2.17. The predicted molar refractivity (Wildman–Crippen MR) is 124 cm³/mol. The maximum Gasteiger partial charge on any atom is 0.220 e. The lowest BCUT2D eigenvalue weighted by Gasteiger charge is -2.35. The summed E-state index contributed by atoms with van der Waals surface area (Å²) in [7, 11) is 2.16. The minimum atomic E-state index is 0.0590. The summed E-state index contributed by atoms with van der Waals surface area (Å²) in [5, 5.41) is 7.64. The summed E-state index contributed by atoms with van der Waals surface area (Å²) in [4.78, 5) is 22.1. The number of piperazine rings is 1. The van der Waals surface area contributed by atoms with Gasteiger partial charge < -0.3 is 15.1 Å². The van der Waals surface area contributed by atoms with Gasteiger partial charge in [-0.2, -0.15) is 5.10 Å². The van der Waals surface area contributed by atoms with Crippen LogP contribution in [-0.4, -0.2) is 58.6 Å². The summed E-state index contributed by atoms with van der Waals surface area (Å²) in [5.74, 6) is 0.0590. The summed E-state index contributed by atoms with van der Waals surface area (Å²) in [6, 6.07) is 10.4. The van der Waals surface area contributed by atoms with Crippen LogP contribution < -0.4 is 10.2 Å². The Bertz CT molecular complexity index is 1080. The van der Waals surface area contributed by atoms with Crippen molar-refractivity contribution in [3.8, 4) is 0 Å². The van der Waals surface area contributed by atoms with E-state index in [9.17, 15) is 4.79 Å². The monoisotopic (exact) mass is 420 g/mol. The molecule has 1 aromatic carbocycles. The number of aryl methyl sites for hydroxylation is 3. The van der Waals surface area contributed by atoms with Gasteiger partial charge in [0.1, 0.15) is 0 Å². The molecule has 164 valence electrons. The van der Waals surface area contributed by atoms with E-state index in [0.29, 0.717) is 19.4 Å². The van der Waals surface area contributed by atoms with E-state index in [1.165, 1.54) is 11.3 Å². The molecular formula is C24H32N6O. The number of nitrogens with zero attached hydrogens (tertiary/aromatic N) is 5. The maximum atomic E-state index is 12.6. The van der Waals surface area contributed by atoms with Crippen LogP contribution in [0.3, 0.4) is 0 Å². The maximum absolute atomic E-state index is 12.6. The lowest BCUT2D eigenvalue weighted by molar-refractivity contribution is -0.121. The van der Waals surface area contributed by atoms with E-state index in [1.54, 1.807) is 0 Å². The van der Waals surface area contributed by atoms with Gasteiger partial charge in [-0.05, 0) is 51.4 Å². The van der Waals surface area contributed by atoms with Crippen LogP contribution in [0.1, 0.15) is 34.6 Å². The lowest BCUT2D eigenvalue weighted by Crippen LogP contribution is -2.45. The van der Waals surface area contributed by atoms with E-state index in [2.05, 4.69) is 50.4 Å². The second-order valence-corrected chi connectivity index (χ2v) is 8.51. The molecule has 0 aliphatic carbocycles. The zero-order valence-corrected chi connectivity index (χ0v) is 19.0. The number of carbonyl (C=O) groups is 1. The Morgan fingerprint density at radius 2 is 1.84 bits per heavy atom. The molecule has 7 heteroatoms. The number of amides is 1. The molecule has 4 rings (SSSR count). The number of benzene rings is 1.